The van der Waals surface area contributed by atoms with Gasteiger partial charge in [-0.05, 0) is 19.1 Å². The van der Waals surface area contributed by atoms with Gasteiger partial charge in [-0.15, -0.1) is 5.10 Å². The summed E-state index contributed by atoms with van der Waals surface area (Å²) in [6.45, 7) is 2.50. The summed E-state index contributed by atoms with van der Waals surface area (Å²) in [5.41, 5.74) is 2.06. The summed E-state index contributed by atoms with van der Waals surface area (Å²) in [4.78, 5) is 0. The first-order valence-corrected chi connectivity index (χ1v) is 4.79. The van der Waals surface area contributed by atoms with Crippen LogP contribution in [0.5, 0.6) is 5.75 Å². The molecule has 0 fully saturated rings. The fraction of sp³-hybridized carbons (Fsp3) is 0.273. The van der Waals surface area contributed by atoms with Crippen LogP contribution in [0.15, 0.2) is 30.5 Å². The lowest BCUT2D eigenvalue weighted by Gasteiger charge is -2.03. The number of hydrogen-bond donors (Lipinski definition) is 0. The molecular formula is C11H13N3O. The molecule has 0 aliphatic carbocycles. The normalized spacial score (nSPS) is 10.3. The van der Waals surface area contributed by atoms with Gasteiger partial charge in [0.05, 0.1) is 6.20 Å². The molecule has 0 atom stereocenters. The second-order valence-electron chi connectivity index (χ2n) is 3.49. The SMILES string of the molecule is Cc1ccc(OCc2cn(C)nn2)cc1. The van der Waals surface area contributed by atoms with Gasteiger partial charge in [-0.3, -0.25) is 4.68 Å². The van der Waals surface area contributed by atoms with Crippen molar-refractivity contribution in [2.75, 3.05) is 0 Å². The van der Waals surface area contributed by atoms with Crippen molar-refractivity contribution in [3.05, 3.63) is 41.7 Å². The van der Waals surface area contributed by atoms with E-state index < -0.39 is 0 Å². The maximum absolute atomic E-state index is 5.54. The minimum atomic E-state index is 0.455. The molecule has 0 bridgehead atoms. The molecule has 0 saturated carbocycles. The van der Waals surface area contributed by atoms with E-state index in [1.165, 1.54) is 5.56 Å². The number of hydrogen-bond acceptors (Lipinski definition) is 3. The Morgan fingerprint density at radius 2 is 2.00 bits per heavy atom. The molecule has 4 nitrogen and oxygen atoms in total. The van der Waals surface area contributed by atoms with Gasteiger partial charge in [0, 0.05) is 7.05 Å². The van der Waals surface area contributed by atoms with Gasteiger partial charge in [0.1, 0.15) is 18.1 Å². The minimum Gasteiger partial charge on any atom is -0.487 e. The van der Waals surface area contributed by atoms with Crippen LogP contribution in [0.25, 0.3) is 0 Å². The summed E-state index contributed by atoms with van der Waals surface area (Å²) in [6, 6.07) is 7.94. The van der Waals surface area contributed by atoms with E-state index in [0.29, 0.717) is 6.61 Å². The Hall–Kier alpha value is -1.84. The first-order valence-electron chi connectivity index (χ1n) is 4.79. The fourth-order valence-corrected chi connectivity index (χ4v) is 1.25. The molecule has 15 heavy (non-hydrogen) atoms. The van der Waals surface area contributed by atoms with Gasteiger partial charge in [0.2, 0.25) is 0 Å². The molecule has 1 aromatic heterocycles. The van der Waals surface area contributed by atoms with Crippen molar-refractivity contribution in [1.82, 2.24) is 15.0 Å². The van der Waals surface area contributed by atoms with Crippen molar-refractivity contribution >= 4 is 0 Å². The highest BCUT2D eigenvalue weighted by Crippen LogP contribution is 2.12. The molecule has 0 saturated heterocycles. The third-order valence-electron chi connectivity index (χ3n) is 2.06. The summed E-state index contributed by atoms with van der Waals surface area (Å²) < 4.78 is 7.21. The number of benzene rings is 1. The van der Waals surface area contributed by atoms with Crippen molar-refractivity contribution in [2.45, 2.75) is 13.5 Å². The maximum atomic E-state index is 5.54. The van der Waals surface area contributed by atoms with Gasteiger partial charge in [-0.2, -0.15) is 0 Å². The van der Waals surface area contributed by atoms with Crippen LogP contribution in [0.1, 0.15) is 11.3 Å². The Balaban J connectivity index is 1.96. The number of nitrogens with zero attached hydrogens (tertiary/aromatic N) is 3. The topological polar surface area (TPSA) is 39.9 Å². The highest BCUT2D eigenvalue weighted by Gasteiger charge is 1.99. The van der Waals surface area contributed by atoms with Crippen molar-refractivity contribution in [2.24, 2.45) is 7.05 Å². The summed E-state index contributed by atoms with van der Waals surface area (Å²) in [5, 5.41) is 7.77. The van der Waals surface area contributed by atoms with Crippen molar-refractivity contribution in [3.8, 4) is 5.75 Å². The van der Waals surface area contributed by atoms with Gasteiger partial charge < -0.3 is 4.74 Å². The summed E-state index contributed by atoms with van der Waals surface area (Å²) in [5.74, 6) is 0.853. The summed E-state index contributed by atoms with van der Waals surface area (Å²) in [7, 11) is 1.84. The van der Waals surface area contributed by atoms with Crippen LogP contribution in [0, 0.1) is 6.92 Å². The zero-order valence-corrected chi connectivity index (χ0v) is 8.84. The molecular weight excluding hydrogens is 190 g/mol. The van der Waals surface area contributed by atoms with Crippen LogP contribution in [0.3, 0.4) is 0 Å². The Bertz CT molecular complexity index is 433. The van der Waals surface area contributed by atoms with Gasteiger partial charge in [-0.25, -0.2) is 0 Å². The van der Waals surface area contributed by atoms with Crippen LogP contribution in [0.2, 0.25) is 0 Å². The zero-order chi connectivity index (χ0) is 10.7. The van der Waals surface area contributed by atoms with Gasteiger partial charge in [0.15, 0.2) is 0 Å². The molecule has 78 valence electrons. The van der Waals surface area contributed by atoms with E-state index >= 15 is 0 Å². The second-order valence-corrected chi connectivity index (χ2v) is 3.49. The average molecular weight is 203 g/mol. The van der Waals surface area contributed by atoms with Crippen LogP contribution in [-0.2, 0) is 13.7 Å². The lowest BCUT2D eigenvalue weighted by molar-refractivity contribution is 0.301. The quantitative estimate of drug-likeness (QED) is 0.762. The second kappa shape index (κ2) is 4.13. The van der Waals surface area contributed by atoms with E-state index in [4.69, 9.17) is 4.74 Å². The highest BCUT2D eigenvalue weighted by molar-refractivity contribution is 5.26. The van der Waals surface area contributed by atoms with Crippen LogP contribution in [-0.4, -0.2) is 15.0 Å². The Morgan fingerprint density at radius 1 is 1.27 bits per heavy atom. The molecule has 0 radical (unpaired) electrons. The Kier molecular flexibility index (Phi) is 2.67. The molecule has 2 rings (SSSR count). The van der Waals surface area contributed by atoms with Crippen LogP contribution >= 0.6 is 0 Å². The summed E-state index contributed by atoms with van der Waals surface area (Å²) >= 11 is 0. The smallest absolute Gasteiger partial charge is 0.134 e. The average Bonchev–Trinajstić information content (AvgIpc) is 2.64. The van der Waals surface area contributed by atoms with Crippen molar-refractivity contribution in [3.63, 3.8) is 0 Å². The third kappa shape index (κ3) is 2.56. The lowest BCUT2D eigenvalue weighted by atomic mass is 10.2. The van der Waals surface area contributed by atoms with E-state index in [2.05, 4.69) is 10.3 Å². The first kappa shape index (κ1) is 9.71. The third-order valence-corrected chi connectivity index (χ3v) is 2.06. The van der Waals surface area contributed by atoms with E-state index in [1.807, 2.05) is 44.4 Å². The molecule has 1 heterocycles. The molecule has 0 unspecified atom stereocenters. The largest absolute Gasteiger partial charge is 0.487 e. The van der Waals surface area contributed by atoms with Crippen LogP contribution in [0.4, 0.5) is 0 Å². The van der Waals surface area contributed by atoms with E-state index in [-0.39, 0.29) is 0 Å². The van der Waals surface area contributed by atoms with Gasteiger partial charge in [0.25, 0.3) is 0 Å². The summed E-state index contributed by atoms with van der Waals surface area (Å²) in [6.07, 6.45) is 1.84. The van der Waals surface area contributed by atoms with Gasteiger partial charge >= 0.3 is 0 Å². The molecule has 2 aromatic rings. The minimum absolute atomic E-state index is 0.455. The lowest BCUT2D eigenvalue weighted by Crippen LogP contribution is -1.95. The molecule has 0 amide bonds. The van der Waals surface area contributed by atoms with Crippen molar-refractivity contribution < 1.29 is 4.74 Å². The molecule has 4 heteroatoms. The highest BCUT2D eigenvalue weighted by atomic mass is 16.5. The Labute approximate surface area is 88.5 Å². The fourth-order valence-electron chi connectivity index (χ4n) is 1.25. The number of aryl methyl sites for hydroxylation is 2. The molecule has 0 N–H and O–H groups in total. The predicted molar refractivity (Wildman–Crippen MR) is 56.5 cm³/mol. The number of aromatic nitrogens is 3. The van der Waals surface area contributed by atoms with E-state index in [0.717, 1.165) is 11.4 Å². The monoisotopic (exact) mass is 203 g/mol. The first-order chi connectivity index (χ1) is 7.24. The standard InChI is InChI=1S/C11H13N3O/c1-9-3-5-11(6-4-9)15-8-10-7-14(2)13-12-10/h3-7H,8H2,1-2H3. The molecule has 0 aliphatic heterocycles. The van der Waals surface area contributed by atoms with E-state index in [1.54, 1.807) is 4.68 Å². The number of ether oxygens (including phenoxy) is 1. The van der Waals surface area contributed by atoms with Crippen molar-refractivity contribution in [1.29, 1.82) is 0 Å². The molecule has 0 spiro atoms. The zero-order valence-electron chi connectivity index (χ0n) is 8.84. The predicted octanol–water partition coefficient (Wildman–Crippen LogP) is 1.70. The van der Waals surface area contributed by atoms with E-state index in [9.17, 15) is 0 Å². The molecule has 1 aromatic carbocycles. The van der Waals surface area contributed by atoms with Crippen LogP contribution < -0.4 is 4.74 Å². The maximum Gasteiger partial charge on any atom is 0.134 e. The number of rotatable bonds is 3. The molecule has 0 aliphatic rings. The Morgan fingerprint density at radius 3 is 2.60 bits per heavy atom. The van der Waals surface area contributed by atoms with Gasteiger partial charge in [-0.1, -0.05) is 22.9 Å².